The van der Waals surface area contributed by atoms with Gasteiger partial charge in [-0.25, -0.2) is 0 Å². The second kappa shape index (κ2) is 6.83. The van der Waals surface area contributed by atoms with Crippen LogP contribution in [0.1, 0.15) is 51.7 Å². The van der Waals surface area contributed by atoms with Crippen molar-refractivity contribution in [1.29, 1.82) is 0 Å². The number of rotatable bonds is 4. The molecule has 0 aliphatic carbocycles. The summed E-state index contributed by atoms with van der Waals surface area (Å²) in [5.41, 5.74) is -0.745. The number of aliphatic hydroxyl groups is 1. The third-order valence-corrected chi connectivity index (χ3v) is 7.95. The van der Waals surface area contributed by atoms with Crippen molar-refractivity contribution in [2.24, 2.45) is 0 Å². The molecular weight excluding hydrogens is 405 g/mol. The number of benzene rings is 2. The Morgan fingerprint density at radius 2 is 1.66 bits per heavy atom. The summed E-state index contributed by atoms with van der Waals surface area (Å²) < 4.78 is 18.2. The lowest BCUT2D eigenvalue weighted by Crippen LogP contribution is -2.57. The van der Waals surface area contributed by atoms with Crippen LogP contribution in [0.15, 0.2) is 48.5 Å². The molecule has 1 amide bonds. The molecular formula is C25H30BNO5. The van der Waals surface area contributed by atoms with Gasteiger partial charge < -0.3 is 19.2 Å². The summed E-state index contributed by atoms with van der Waals surface area (Å²) in [6.07, 6.45) is 1.02. The number of methoxy groups -OCH3 is 1. The highest BCUT2D eigenvalue weighted by Gasteiger charge is 2.68. The minimum absolute atomic E-state index is 0.0655. The van der Waals surface area contributed by atoms with E-state index in [4.69, 9.17) is 14.0 Å². The number of amides is 1. The van der Waals surface area contributed by atoms with Crippen molar-refractivity contribution in [2.75, 3.05) is 12.0 Å². The van der Waals surface area contributed by atoms with Gasteiger partial charge in [0.2, 0.25) is 5.91 Å². The van der Waals surface area contributed by atoms with Crippen LogP contribution < -0.4 is 9.64 Å². The van der Waals surface area contributed by atoms with Crippen LogP contribution in [0.5, 0.6) is 5.75 Å². The van der Waals surface area contributed by atoms with Gasteiger partial charge in [-0.1, -0.05) is 30.3 Å². The largest absolute Gasteiger partial charge is 0.497 e. The van der Waals surface area contributed by atoms with Gasteiger partial charge in [0, 0.05) is 19.2 Å². The summed E-state index contributed by atoms with van der Waals surface area (Å²) >= 11 is 0. The zero-order valence-electron chi connectivity index (χ0n) is 19.3. The number of carbonyl (C=O) groups excluding carboxylic acids is 1. The van der Waals surface area contributed by atoms with E-state index >= 15 is 0 Å². The van der Waals surface area contributed by atoms with Gasteiger partial charge in [-0.2, -0.15) is 0 Å². The number of carbonyl (C=O) groups is 1. The third-order valence-electron chi connectivity index (χ3n) is 7.95. The van der Waals surface area contributed by atoms with Crippen molar-refractivity contribution in [2.45, 2.75) is 69.2 Å². The van der Waals surface area contributed by atoms with Gasteiger partial charge in [-0.05, 0) is 57.0 Å². The van der Waals surface area contributed by atoms with Crippen LogP contribution >= 0.6 is 0 Å². The predicted octanol–water partition coefficient (Wildman–Crippen LogP) is 3.90. The summed E-state index contributed by atoms with van der Waals surface area (Å²) in [5, 5.41) is 12.3. The zero-order valence-corrected chi connectivity index (χ0v) is 19.3. The molecule has 0 spiro atoms. The monoisotopic (exact) mass is 435 g/mol. The molecule has 3 heterocycles. The van der Waals surface area contributed by atoms with Crippen molar-refractivity contribution in [3.63, 3.8) is 0 Å². The molecule has 0 unspecified atom stereocenters. The number of hydrogen-bond donors (Lipinski definition) is 1. The molecule has 0 saturated carbocycles. The number of ether oxygens (including phenoxy) is 1. The first-order chi connectivity index (χ1) is 15.1. The Morgan fingerprint density at radius 3 is 2.28 bits per heavy atom. The summed E-state index contributed by atoms with van der Waals surface area (Å²) in [7, 11) is 1.08. The van der Waals surface area contributed by atoms with Crippen LogP contribution in [0.3, 0.4) is 0 Å². The van der Waals surface area contributed by atoms with E-state index in [9.17, 15) is 9.90 Å². The Bertz CT molecular complexity index is 1050. The van der Waals surface area contributed by atoms with Crippen LogP contribution in [0.4, 0.5) is 5.69 Å². The maximum absolute atomic E-state index is 13.0. The Morgan fingerprint density at radius 1 is 1.03 bits per heavy atom. The summed E-state index contributed by atoms with van der Waals surface area (Å²) in [5.74, 6) is 0.668. The van der Waals surface area contributed by atoms with E-state index in [1.165, 1.54) is 0 Å². The average Bonchev–Trinajstić information content (AvgIpc) is 3.25. The number of nitrogens with zero attached hydrogens (tertiary/aromatic N) is 1. The second-order valence-electron chi connectivity index (χ2n) is 10.1. The number of hydrogen-bond acceptors (Lipinski definition) is 5. The van der Waals surface area contributed by atoms with E-state index in [0.29, 0.717) is 19.2 Å². The highest BCUT2D eigenvalue weighted by Crippen LogP contribution is 2.61. The smallest absolute Gasteiger partial charge is 0.459 e. The molecule has 168 valence electrons. The van der Waals surface area contributed by atoms with Crippen LogP contribution in [-0.2, 0) is 19.5 Å². The Balaban J connectivity index is 1.71. The van der Waals surface area contributed by atoms with E-state index in [-0.39, 0.29) is 5.91 Å². The molecule has 0 radical (unpaired) electrons. The molecule has 1 N–H and O–H groups in total. The molecule has 32 heavy (non-hydrogen) atoms. The fourth-order valence-electron chi connectivity index (χ4n) is 5.65. The first-order valence-corrected chi connectivity index (χ1v) is 11.2. The van der Waals surface area contributed by atoms with Crippen LogP contribution in [0.25, 0.3) is 0 Å². The van der Waals surface area contributed by atoms with Crippen molar-refractivity contribution in [3.05, 3.63) is 59.7 Å². The molecule has 2 saturated heterocycles. The molecule has 2 aromatic rings. The van der Waals surface area contributed by atoms with Crippen molar-refractivity contribution in [1.82, 2.24) is 0 Å². The van der Waals surface area contributed by atoms with Gasteiger partial charge in [0.05, 0.1) is 29.4 Å². The minimum atomic E-state index is -1.41. The molecule has 0 bridgehead atoms. The lowest BCUT2D eigenvalue weighted by molar-refractivity contribution is -0.118. The molecule has 2 atom stereocenters. The summed E-state index contributed by atoms with van der Waals surface area (Å²) in [6, 6.07) is 15.5. The Hall–Kier alpha value is -2.35. The molecule has 2 aromatic carbocycles. The SMILES string of the molecule is COc1ccc([C@@]2(CB3OC(C)(C)C(C)(C)O3)c3ccccc3N3C(=O)CC[C@@]32O)cc1. The molecule has 0 aromatic heterocycles. The van der Waals surface area contributed by atoms with Gasteiger partial charge in [-0.3, -0.25) is 9.69 Å². The fraction of sp³-hybridized carbons (Fsp3) is 0.480. The quantitative estimate of drug-likeness (QED) is 0.738. The highest BCUT2D eigenvalue weighted by atomic mass is 16.7. The lowest BCUT2D eigenvalue weighted by Gasteiger charge is -2.44. The van der Waals surface area contributed by atoms with Gasteiger partial charge in [0.1, 0.15) is 5.75 Å². The van der Waals surface area contributed by atoms with Crippen LogP contribution in [0, 0.1) is 0 Å². The topological polar surface area (TPSA) is 68.2 Å². The van der Waals surface area contributed by atoms with E-state index in [0.717, 1.165) is 22.6 Å². The van der Waals surface area contributed by atoms with Gasteiger partial charge >= 0.3 is 7.12 Å². The first kappa shape index (κ1) is 21.5. The zero-order chi connectivity index (χ0) is 22.9. The third kappa shape index (κ3) is 2.68. The number of para-hydroxylation sites is 1. The number of anilines is 1. The molecule has 3 aliphatic heterocycles. The maximum Gasteiger partial charge on any atom is 0.459 e. The Kier molecular flexibility index (Phi) is 4.59. The van der Waals surface area contributed by atoms with E-state index in [1.807, 2.05) is 76.2 Å². The van der Waals surface area contributed by atoms with Gasteiger partial charge in [-0.15, -0.1) is 0 Å². The van der Waals surface area contributed by atoms with Crippen LogP contribution in [0.2, 0.25) is 6.32 Å². The molecule has 2 fully saturated rings. The predicted molar refractivity (Wildman–Crippen MR) is 123 cm³/mol. The normalized spacial score (nSPS) is 29.9. The van der Waals surface area contributed by atoms with Crippen molar-refractivity contribution in [3.8, 4) is 5.75 Å². The first-order valence-electron chi connectivity index (χ1n) is 11.2. The average molecular weight is 435 g/mol. The summed E-state index contributed by atoms with van der Waals surface area (Å²) in [6.45, 7) is 8.09. The van der Waals surface area contributed by atoms with Crippen LogP contribution in [-0.4, -0.2) is 42.2 Å². The highest BCUT2D eigenvalue weighted by molar-refractivity contribution is 6.46. The molecule has 3 aliphatic rings. The molecule has 5 rings (SSSR count). The number of fused-ring (bicyclic) bond motifs is 3. The van der Waals surface area contributed by atoms with Crippen molar-refractivity contribution < 1.29 is 23.9 Å². The standard InChI is InChI=1S/C25H30BNO5/c1-22(2)23(3,4)32-26(31-22)16-24(17-10-12-18(30-5)13-11-17)19-8-6-7-9-20(19)27-21(28)14-15-25(24,27)29/h6-13,29H,14-16H2,1-5H3/t24-,25-/m0/s1. The van der Waals surface area contributed by atoms with Crippen molar-refractivity contribution >= 4 is 18.7 Å². The summed E-state index contributed by atoms with van der Waals surface area (Å²) in [4.78, 5) is 14.6. The van der Waals surface area contributed by atoms with E-state index in [2.05, 4.69) is 0 Å². The minimum Gasteiger partial charge on any atom is -0.497 e. The molecule has 6 nitrogen and oxygen atoms in total. The van der Waals surface area contributed by atoms with E-state index in [1.54, 1.807) is 12.0 Å². The van der Waals surface area contributed by atoms with E-state index < -0.39 is 29.5 Å². The molecule has 7 heteroatoms. The van der Waals surface area contributed by atoms with Gasteiger partial charge in [0.25, 0.3) is 0 Å². The van der Waals surface area contributed by atoms with Gasteiger partial charge in [0.15, 0.2) is 5.72 Å². The Labute approximate surface area is 189 Å². The lowest BCUT2D eigenvalue weighted by atomic mass is 9.57. The maximum atomic E-state index is 13.0. The second-order valence-corrected chi connectivity index (χ2v) is 10.1. The fourth-order valence-corrected chi connectivity index (χ4v) is 5.65.